The van der Waals surface area contributed by atoms with Crippen LogP contribution in [-0.4, -0.2) is 184 Å². The number of halogens is 7. The zero-order valence-electron chi connectivity index (χ0n) is 68.7. The minimum atomic E-state index is -4.78. The number of carboxylic acids is 1. The Kier molecular flexibility index (Phi) is 29.5. The second-order valence-corrected chi connectivity index (χ2v) is 28.7. The largest absolute Gasteiger partial charge is 0.480 e. The first-order valence-electron chi connectivity index (χ1n) is 40.1. The fourth-order valence-electron chi connectivity index (χ4n) is 14.3. The van der Waals surface area contributed by atoms with Crippen LogP contribution in [0.4, 0.5) is 64.9 Å². The summed E-state index contributed by atoms with van der Waals surface area (Å²) in [5.41, 5.74) is 6.36. The first kappa shape index (κ1) is 90.9. The van der Waals surface area contributed by atoms with E-state index in [9.17, 15) is 97.9 Å². The van der Waals surface area contributed by atoms with Crippen molar-refractivity contribution in [3.63, 3.8) is 0 Å². The maximum Gasteiger partial charge on any atom is 0.417 e. The van der Waals surface area contributed by atoms with Crippen LogP contribution in [0.1, 0.15) is 160 Å². The number of ketones is 1. The van der Waals surface area contributed by atoms with E-state index in [0.717, 1.165) is 28.4 Å². The molecule has 0 bridgehead atoms. The van der Waals surface area contributed by atoms with Crippen molar-refractivity contribution in [3.05, 3.63) is 226 Å². The van der Waals surface area contributed by atoms with Gasteiger partial charge < -0.3 is 53.4 Å². The lowest BCUT2D eigenvalue weighted by atomic mass is 9.96. The number of imide groups is 4. The summed E-state index contributed by atoms with van der Waals surface area (Å²) in [5, 5.41) is 35.9. The Balaban J connectivity index is 0.000000203. The zero-order chi connectivity index (χ0) is 92.3. The lowest BCUT2D eigenvalue weighted by Gasteiger charge is -2.27. The number of aromatic nitrogens is 4. The number of nitrogens with two attached hydrogens (primary N) is 1. The molecule has 39 heteroatoms. The number of carbonyl (C=O) groups is 14. The number of amides is 12. The third-order valence-corrected chi connectivity index (χ3v) is 20.4. The van der Waals surface area contributed by atoms with E-state index in [4.69, 9.17) is 12.2 Å². The number of carbonyl (C=O) groups excluding carboxylic acids is 13. The lowest BCUT2D eigenvalue weighted by Crippen LogP contribution is -2.54. The van der Waals surface area contributed by atoms with E-state index >= 15 is 0 Å². The maximum atomic E-state index is 14.5. The van der Waals surface area contributed by atoms with Gasteiger partial charge in [-0.2, -0.15) is 26.3 Å². The van der Waals surface area contributed by atoms with Crippen molar-refractivity contribution in [2.75, 3.05) is 75.2 Å². The Bertz CT molecular complexity index is 5980. The minimum Gasteiger partial charge on any atom is -0.480 e. The van der Waals surface area contributed by atoms with E-state index in [-0.39, 0.29) is 151 Å². The molecule has 10 aromatic rings. The molecule has 4 aromatic heterocycles. The van der Waals surface area contributed by atoms with E-state index in [1.165, 1.54) is 99.5 Å². The van der Waals surface area contributed by atoms with Gasteiger partial charge in [-0.15, -0.1) is 0 Å². The van der Waals surface area contributed by atoms with Gasteiger partial charge in [0.1, 0.15) is 30.0 Å². The van der Waals surface area contributed by atoms with Gasteiger partial charge in [0.15, 0.2) is 5.78 Å². The average Bonchev–Trinajstić information content (AvgIpc) is 1.42. The second-order valence-electron chi connectivity index (χ2n) is 28.7. The summed E-state index contributed by atoms with van der Waals surface area (Å²) in [4.78, 5) is 191. The number of rotatable bonds is 28. The Hall–Kier alpha value is -15.3. The number of alkyl halides is 7. The Labute approximate surface area is 719 Å². The number of pyridine rings is 4. The third kappa shape index (κ3) is 21.7. The molecule has 0 saturated carbocycles. The van der Waals surface area contributed by atoms with Crippen molar-refractivity contribution >= 4 is 139 Å². The van der Waals surface area contributed by atoms with E-state index in [0.29, 0.717) is 61.2 Å². The molecule has 6 aromatic carbocycles. The van der Waals surface area contributed by atoms with E-state index in [2.05, 4.69) is 73.1 Å². The van der Waals surface area contributed by atoms with Crippen molar-refractivity contribution in [1.82, 2.24) is 61.6 Å². The number of nitrogens with one attached hydrogen (secondary N) is 10. The zero-order valence-corrected chi connectivity index (χ0v) is 67.7. The van der Waals surface area contributed by atoms with Gasteiger partial charge in [0.25, 0.3) is 47.3 Å². The van der Waals surface area contributed by atoms with Crippen LogP contribution >= 0.6 is 0 Å². The summed E-state index contributed by atoms with van der Waals surface area (Å²) in [6.07, 6.45) is -1.26. The number of hydrogen-bond acceptors (Lipinski definition) is 23. The number of Topliss-reactive ketones (excluding diaryl/α,β-unsaturated/α-hetero) is 1. The molecule has 12 amide bonds. The number of nitrogens with zero attached hydrogens (tertiary/aromatic N) is 6. The number of para-hydroxylation sites is 2. The summed E-state index contributed by atoms with van der Waals surface area (Å²) < 4.78 is 101. The van der Waals surface area contributed by atoms with E-state index in [1.54, 1.807) is 66.7 Å². The van der Waals surface area contributed by atoms with Crippen LogP contribution in [0.3, 0.4) is 0 Å². The maximum absolute atomic E-state index is 14.5. The van der Waals surface area contributed by atoms with Crippen LogP contribution in [0.2, 0.25) is 0 Å². The number of aliphatic carboxylic acids is 1. The molecule has 4 aliphatic heterocycles. The molecule has 2 unspecified atom stereocenters. The molecule has 2 saturated heterocycles. The van der Waals surface area contributed by atoms with E-state index in [1.807, 2.05) is 6.07 Å². The van der Waals surface area contributed by atoms with Crippen LogP contribution in [0.25, 0.3) is 44.1 Å². The number of hydrogen-bond donors (Lipinski definition) is 12. The summed E-state index contributed by atoms with van der Waals surface area (Å²) in [7, 11) is 1.89. The number of anilines is 6. The van der Waals surface area contributed by atoms with Gasteiger partial charge in [0, 0.05) is 116 Å². The highest BCUT2D eigenvalue weighted by Gasteiger charge is 2.48. The van der Waals surface area contributed by atoms with Gasteiger partial charge in [-0.25, -0.2) is 0 Å². The van der Waals surface area contributed by atoms with Gasteiger partial charge in [-0.1, -0.05) is 67.1 Å². The van der Waals surface area contributed by atoms with Crippen LogP contribution in [0, 0.1) is 0 Å². The van der Waals surface area contributed by atoms with Gasteiger partial charge in [0.05, 0.1) is 82.0 Å². The smallest absolute Gasteiger partial charge is 0.417 e. The minimum absolute atomic E-state index is 0.00485. The molecular weight excluding hydrogens is 1670 g/mol. The van der Waals surface area contributed by atoms with Crippen molar-refractivity contribution in [2.45, 2.75) is 88.6 Å². The van der Waals surface area contributed by atoms with Crippen molar-refractivity contribution in [3.8, 4) is 22.3 Å². The van der Waals surface area contributed by atoms with Crippen LogP contribution in [-0.2, 0) is 41.1 Å². The Morgan fingerprint density at radius 2 is 0.913 bits per heavy atom. The molecule has 0 radical (unpaired) electrons. The van der Waals surface area contributed by atoms with Crippen LogP contribution in [0.5, 0.6) is 0 Å². The summed E-state index contributed by atoms with van der Waals surface area (Å²) >= 11 is 0. The lowest BCUT2D eigenvalue weighted by molar-refractivity contribution is -0.137. The summed E-state index contributed by atoms with van der Waals surface area (Å²) in [5.74, 6) is -8.20. The number of piperidine rings is 2. The first-order chi connectivity index (χ1) is 61.3. The molecule has 13 N–H and O–H groups in total. The molecular formula is C88H82F7N17O15. The molecule has 4 aliphatic rings. The molecule has 0 aliphatic carbocycles. The quantitative estimate of drug-likeness (QED) is 0.0123. The van der Waals surface area contributed by atoms with Gasteiger partial charge in [-0.3, -0.25) is 112 Å². The van der Waals surface area contributed by atoms with Crippen molar-refractivity contribution < 1.29 is 104 Å². The van der Waals surface area contributed by atoms with Crippen LogP contribution in [0.15, 0.2) is 170 Å². The van der Waals surface area contributed by atoms with Crippen LogP contribution < -0.4 is 58.9 Å². The summed E-state index contributed by atoms with van der Waals surface area (Å²) in [6, 6.07) is 34.6. The fourth-order valence-corrected chi connectivity index (χ4v) is 14.3. The highest BCUT2D eigenvalue weighted by atomic mass is 19.4. The number of fused-ring (bicyclic) bond motifs is 4. The highest BCUT2D eigenvalue weighted by molar-refractivity contribution is 6.27. The van der Waals surface area contributed by atoms with Crippen molar-refractivity contribution in [2.24, 2.45) is 5.73 Å². The van der Waals surface area contributed by atoms with Crippen molar-refractivity contribution in [1.29, 1.82) is 0 Å². The predicted octanol–water partition coefficient (Wildman–Crippen LogP) is 10.8. The molecule has 658 valence electrons. The van der Waals surface area contributed by atoms with E-state index < -0.39 is 126 Å². The highest BCUT2D eigenvalue weighted by Crippen LogP contribution is 2.45. The monoisotopic (exact) mass is 1750 g/mol. The molecule has 2 fully saturated rings. The molecule has 127 heavy (non-hydrogen) atoms. The average molecular weight is 1750 g/mol. The van der Waals surface area contributed by atoms with Gasteiger partial charge in [0.2, 0.25) is 23.6 Å². The SMILES string of the molecule is CNC(=O)c1cnc2cc(C(F)(F)F)c(-c3ccc(C(=O)NCCCCCC(=O)CNc4cccc5c4C(=O)N(C4CCC(=O)NC4=O)C5=O)nc3)cc2c1Nc1ccccc1.CNC(=O)c1cnc2cc(C(F)(F)F)c(-c3ccc(C(=O)NCCCCN)nc3)cc2c1Nc1ccccc1.O=C(O)CNc1cccc2c1C(=O)N(C1CCC(=O)NC1=O)C2=O.[2H]CF. The molecule has 0 spiro atoms. The molecule has 14 rings (SSSR count). The van der Waals surface area contributed by atoms with Gasteiger partial charge in [-0.05, 0) is 141 Å². The Morgan fingerprint density at radius 1 is 0.496 bits per heavy atom. The molecule has 8 heterocycles. The standard InChI is InChI=1S/C44H39F3N8O7.C28H27F3N6O2.C15H13N3O6.CH3F/c1-48-39(58)30-23-52-34-20-31(44(45,46)47)28(19-29(34)38(30)53-25-9-4-2-5-10-25)24-14-15-33(50-21-24)40(59)49-18-7-3-6-11-26(56)22-51-32-13-8-12-27-37(32)43(62)55(42(27)61)35-16-17-36(57)54-41(35)60;1-33-26(38)21-16-36-24-14-22(28(29,30)31)19(13-20(24)25(21)37-18-7-3-2-4-8-18)17-9-10-23(35-15-17)27(39)34-12-6-5-11-32;19-10-5-4-9(13(22)17-10)18-14(23)7-2-1-3-8(12(7)15(18)24)16-6-11(20)21;1-2/h2,4-5,8-10,12-15,19-21,23,35,51H,3,6-7,11,16-18,22H2,1H3,(H,48,58)(H,49,59)(H,52,53)(H,54,57,60);2-4,7-10,13-16H,5-6,11-12,32H2,1H3,(H,33,38)(H,34,39)(H,36,37);1-3,9,16H,4-6H2,(H,20,21)(H,17,19,22);1H3/i;;;1D. The second kappa shape index (κ2) is 41.2. The number of carboxylic acid groups (broad SMARTS) is 1. The first-order valence-corrected chi connectivity index (χ1v) is 39.4. The fraction of sp³-hybridized carbons (Fsp3) is 0.250. The normalized spacial score (nSPS) is 14.7. The predicted molar refractivity (Wildman–Crippen MR) is 450 cm³/mol. The van der Waals surface area contributed by atoms with Gasteiger partial charge >= 0.3 is 18.3 Å². The molecule has 32 nitrogen and oxygen atoms in total. The number of benzene rings is 6. The molecule has 2 atom stereocenters. The Morgan fingerprint density at radius 3 is 1.29 bits per heavy atom. The topological polar surface area (TPSA) is 464 Å². The summed E-state index contributed by atoms with van der Waals surface area (Å²) in [6.45, 7) is 0.624. The number of unbranched alkanes of at least 4 members (excludes halogenated alkanes) is 3. The third-order valence-electron chi connectivity index (χ3n) is 20.4.